The summed E-state index contributed by atoms with van der Waals surface area (Å²) in [6, 6.07) is 8.93. The molecule has 0 aliphatic rings. The number of hydrogen-bond donors (Lipinski definition) is 0. The molecule has 6 nitrogen and oxygen atoms in total. The third kappa shape index (κ3) is 2.97. The Bertz CT molecular complexity index is 665. The largest absolute Gasteiger partial charge is 0.432 e. The van der Waals surface area contributed by atoms with Crippen LogP contribution in [0.4, 0.5) is 5.69 Å². The van der Waals surface area contributed by atoms with E-state index in [0.717, 1.165) is 0 Å². The minimum Gasteiger partial charge on any atom is -0.432 e. The van der Waals surface area contributed by atoms with Gasteiger partial charge in [0.1, 0.15) is 6.07 Å². The number of rotatable bonds is 3. The summed E-state index contributed by atoms with van der Waals surface area (Å²) >= 11 is 5.69. The van der Waals surface area contributed by atoms with Gasteiger partial charge in [-0.25, -0.2) is 4.98 Å². The van der Waals surface area contributed by atoms with Gasteiger partial charge in [0.2, 0.25) is 11.6 Å². The maximum absolute atomic E-state index is 10.9. The van der Waals surface area contributed by atoms with E-state index in [1.165, 1.54) is 36.5 Å². The molecule has 1 heterocycles. The van der Waals surface area contributed by atoms with Gasteiger partial charge in [0.15, 0.2) is 0 Å². The van der Waals surface area contributed by atoms with Crippen molar-refractivity contribution in [1.82, 2.24) is 4.98 Å². The van der Waals surface area contributed by atoms with Gasteiger partial charge in [-0.15, -0.1) is 0 Å². The molecule has 0 radical (unpaired) electrons. The molecule has 0 spiro atoms. The summed E-state index contributed by atoms with van der Waals surface area (Å²) in [5, 5.41) is 19.7. The number of pyridine rings is 1. The highest BCUT2D eigenvalue weighted by Crippen LogP contribution is 2.32. The Kier molecular flexibility index (Phi) is 3.59. The number of nitro benzene ring substituents is 1. The molecule has 1 aromatic heterocycles. The first-order valence-electron chi connectivity index (χ1n) is 5.08. The molecular formula is C12H6ClN3O3. The Balaban J connectivity index is 2.32. The molecule has 0 N–H and O–H groups in total. The molecule has 2 aromatic rings. The average Bonchev–Trinajstić information content (AvgIpc) is 2.41. The third-order valence-electron chi connectivity index (χ3n) is 2.20. The molecule has 7 heteroatoms. The first kappa shape index (κ1) is 12.8. The maximum Gasteiger partial charge on any atom is 0.313 e. The summed E-state index contributed by atoms with van der Waals surface area (Å²) in [5.74, 6) is 0.191. The van der Waals surface area contributed by atoms with Crippen molar-refractivity contribution in [2.24, 2.45) is 0 Å². The van der Waals surface area contributed by atoms with Gasteiger partial charge in [0.05, 0.1) is 10.5 Å². The van der Waals surface area contributed by atoms with Crippen LogP contribution in [-0.2, 0) is 0 Å². The summed E-state index contributed by atoms with van der Waals surface area (Å²) in [6.45, 7) is 0. The lowest BCUT2D eigenvalue weighted by Gasteiger charge is -2.05. The molecule has 0 bridgehead atoms. The SMILES string of the molecule is N#Cc1ccc(Oc2ccc(Cl)cc2[N+](=O)[O-])nc1. The fourth-order valence-electron chi connectivity index (χ4n) is 1.34. The van der Waals surface area contributed by atoms with Gasteiger partial charge >= 0.3 is 5.69 Å². The Morgan fingerprint density at radius 2 is 2.16 bits per heavy atom. The highest BCUT2D eigenvalue weighted by Gasteiger charge is 2.16. The predicted octanol–water partition coefficient (Wildman–Crippen LogP) is 3.31. The van der Waals surface area contributed by atoms with E-state index in [-0.39, 0.29) is 22.3 Å². The minimum absolute atomic E-state index is 0.0339. The van der Waals surface area contributed by atoms with Crippen LogP contribution in [0, 0.1) is 21.4 Å². The fourth-order valence-corrected chi connectivity index (χ4v) is 1.51. The molecule has 0 fully saturated rings. The Hall–Kier alpha value is -2.65. The lowest BCUT2D eigenvalue weighted by molar-refractivity contribution is -0.385. The molecule has 0 aliphatic heterocycles. The standard InChI is InChI=1S/C12H6ClN3O3/c13-9-2-3-11(10(5-9)16(17)18)19-12-4-1-8(6-14)7-15-12/h1-5,7H. The van der Waals surface area contributed by atoms with E-state index >= 15 is 0 Å². The van der Waals surface area contributed by atoms with E-state index in [9.17, 15) is 10.1 Å². The van der Waals surface area contributed by atoms with E-state index in [1.54, 1.807) is 0 Å². The second-order valence-corrected chi connectivity index (χ2v) is 3.90. The van der Waals surface area contributed by atoms with Crippen LogP contribution >= 0.6 is 11.6 Å². The van der Waals surface area contributed by atoms with Gasteiger partial charge in [0.25, 0.3) is 0 Å². The molecule has 0 saturated heterocycles. The fraction of sp³-hybridized carbons (Fsp3) is 0. The number of nitro groups is 1. The first-order valence-corrected chi connectivity index (χ1v) is 5.46. The summed E-state index contributed by atoms with van der Waals surface area (Å²) in [7, 11) is 0. The Morgan fingerprint density at radius 1 is 1.37 bits per heavy atom. The van der Waals surface area contributed by atoms with Crippen LogP contribution in [0.1, 0.15) is 5.56 Å². The van der Waals surface area contributed by atoms with Gasteiger partial charge in [-0.3, -0.25) is 10.1 Å². The molecule has 0 aliphatic carbocycles. The summed E-state index contributed by atoms with van der Waals surface area (Å²) in [4.78, 5) is 14.1. The van der Waals surface area contributed by atoms with Crippen LogP contribution < -0.4 is 4.74 Å². The molecule has 0 atom stereocenters. The smallest absolute Gasteiger partial charge is 0.313 e. The molecule has 0 saturated carbocycles. The van der Waals surface area contributed by atoms with E-state index in [4.69, 9.17) is 21.6 Å². The Labute approximate surface area is 113 Å². The van der Waals surface area contributed by atoms with Gasteiger partial charge < -0.3 is 4.74 Å². The van der Waals surface area contributed by atoms with Gasteiger partial charge in [-0.1, -0.05) is 11.6 Å². The number of benzene rings is 1. The third-order valence-corrected chi connectivity index (χ3v) is 2.43. The lowest BCUT2D eigenvalue weighted by atomic mass is 10.3. The average molecular weight is 276 g/mol. The van der Waals surface area contributed by atoms with Crippen LogP contribution in [0.15, 0.2) is 36.5 Å². The number of aromatic nitrogens is 1. The molecule has 19 heavy (non-hydrogen) atoms. The molecular weight excluding hydrogens is 270 g/mol. The van der Waals surface area contributed by atoms with Crippen molar-refractivity contribution in [2.45, 2.75) is 0 Å². The predicted molar refractivity (Wildman–Crippen MR) is 67.1 cm³/mol. The van der Waals surface area contributed by atoms with Crippen LogP contribution in [0.25, 0.3) is 0 Å². The zero-order chi connectivity index (χ0) is 13.8. The molecule has 2 rings (SSSR count). The van der Waals surface area contributed by atoms with Crippen molar-refractivity contribution in [3.8, 4) is 17.7 Å². The summed E-state index contributed by atoms with van der Waals surface area (Å²) in [6.07, 6.45) is 1.32. The van der Waals surface area contributed by atoms with E-state index in [2.05, 4.69) is 4.98 Å². The lowest BCUT2D eigenvalue weighted by Crippen LogP contribution is -1.94. The highest BCUT2D eigenvalue weighted by molar-refractivity contribution is 6.30. The minimum atomic E-state index is -0.592. The zero-order valence-corrected chi connectivity index (χ0v) is 10.2. The van der Waals surface area contributed by atoms with Gasteiger partial charge in [-0.2, -0.15) is 5.26 Å². The number of nitrogens with zero attached hydrogens (tertiary/aromatic N) is 3. The number of halogens is 1. The Morgan fingerprint density at radius 3 is 2.74 bits per heavy atom. The second kappa shape index (κ2) is 5.33. The molecule has 0 unspecified atom stereocenters. The van der Waals surface area contributed by atoms with E-state index in [0.29, 0.717) is 5.56 Å². The van der Waals surface area contributed by atoms with Crippen molar-refractivity contribution in [3.05, 3.63) is 57.2 Å². The van der Waals surface area contributed by atoms with Crippen LogP contribution in [0.5, 0.6) is 11.6 Å². The topological polar surface area (TPSA) is 89.0 Å². The van der Waals surface area contributed by atoms with Crippen molar-refractivity contribution < 1.29 is 9.66 Å². The van der Waals surface area contributed by atoms with Crippen molar-refractivity contribution in [3.63, 3.8) is 0 Å². The van der Waals surface area contributed by atoms with Crippen molar-refractivity contribution in [1.29, 1.82) is 5.26 Å². The summed E-state index contributed by atoms with van der Waals surface area (Å²) < 4.78 is 5.30. The molecule has 1 aromatic carbocycles. The van der Waals surface area contributed by atoms with E-state index in [1.807, 2.05) is 6.07 Å². The number of ether oxygens (including phenoxy) is 1. The van der Waals surface area contributed by atoms with Crippen LogP contribution in [0.3, 0.4) is 0 Å². The molecule has 94 valence electrons. The molecule has 0 amide bonds. The second-order valence-electron chi connectivity index (χ2n) is 3.47. The maximum atomic E-state index is 10.9. The zero-order valence-electron chi connectivity index (χ0n) is 9.41. The van der Waals surface area contributed by atoms with Gasteiger partial charge in [-0.05, 0) is 18.2 Å². The summed E-state index contributed by atoms with van der Waals surface area (Å²) in [5.41, 5.74) is 0.122. The number of hydrogen-bond acceptors (Lipinski definition) is 5. The first-order chi connectivity index (χ1) is 9.10. The quantitative estimate of drug-likeness (QED) is 0.633. The normalized spacial score (nSPS) is 9.68. The van der Waals surface area contributed by atoms with Crippen LogP contribution in [0.2, 0.25) is 5.02 Å². The number of nitriles is 1. The van der Waals surface area contributed by atoms with Crippen molar-refractivity contribution in [2.75, 3.05) is 0 Å². The monoisotopic (exact) mass is 275 g/mol. The van der Waals surface area contributed by atoms with Crippen molar-refractivity contribution >= 4 is 17.3 Å². The highest BCUT2D eigenvalue weighted by atomic mass is 35.5. The van der Waals surface area contributed by atoms with E-state index < -0.39 is 4.92 Å². The van der Waals surface area contributed by atoms with Gasteiger partial charge in [0, 0.05) is 23.4 Å². The van der Waals surface area contributed by atoms with Crippen LogP contribution in [-0.4, -0.2) is 9.91 Å².